The number of rotatable bonds is 8. The van der Waals surface area contributed by atoms with E-state index in [4.69, 9.17) is 9.47 Å². The van der Waals surface area contributed by atoms with Crippen molar-refractivity contribution < 1.29 is 24.2 Å². The molecule has 0 spiro atoms. The van der Waals surface area contributed by atoms with E-state index in [0.29, 0.717) is 40.4 Å². The Balaban J connectivity index is 1.90. The Morgan fingerprint density at radius 3 is 2.74 bits per heavy atom. The smallest absolute Gasteiger partial charge is 0.335 e. The molecule has 0 saturated carbocycles. The Bertz CT molecular complexity index is 1080. The van der Waals surface area contributed by atoms with Crippen molar-refractivity contribution in [2.24, 2.45) is 4.99 Å². The molecule has 1 amide bonds. The number of benzene rings is 2. The van der Waals surface area contributed by atoms with Gasteiger partial charge in [0.05, 0.1) is 23.3 Å². The molecule has 0 unspecified atom stereocenters. The average molecular weight is 439 g/mol. The number of thioether (sulfide) groups is 1. The van der Waals surface area contributed by atoms with Crippen molar-refractivity contribution in [2.45, 2.75) is 6.92 Å². The van der Waals surface area contributed by atoms with Crippen molar-refractivity contribution in [1.29, 1.82) is 0 Å². The number of amides is 1. The molecule has 1 heterocycles. The van der Waals surface area contributed by atoms with Crippen LogP contribution in [-0.2, 0) is 4.79 Å². The Labute approximate surface area is 184 Å². The van der Waals surface area contributed by atoms with Gasteiger partial charge in [-0.15, -0.1) is 0 Å². The summed E-state index contributed by atoms with van der Waals surface area (Å²) in [4.78, 5) is 30.6. The molecule has 1 fully saturated rings. The second-order valence-corrected chi connectivity index (χ2v) is 7.43. The minimum atomic E-state index is -1.03. The molecule has 0 aliphatic carbocycles. The normalized spacial score (nSPS) is 16.1. The van der Waals surface area contributed by atoms with E-state index in [-0.39, 0.29) is 11.5 Å². The summed E-state index contributed by atoms with van der Waals surface area (Å²) in [6.45, 7) is 6.29. The Morgan fingerprint density at radius 2 is 2.06 bits per heavy atom. The van der Waals surface area contributed by atoms with Crippen LogP contribution in [0.2, 0.25) is 0 Å². The van der Waals surface area contributed by atoms with Gasteiger partial charge >= 0.3 is 5.97 Å². The molecule has 0 aromatic heterocycles. The van der Waals surface area contributed by atoms with Gasteiger partial charge in [0.2, 0.25) is 0 Å². The van der Waals surface area contributed by atoms with Crippen LogP contribution in [0, 0.1) is 0 Å². The van der Waals surface area contributed by atoms with Crippen molar-refractivity contribution in [1.82, 2.24) is 4.90 Å². The molecule has 1 aliphatic rings. The number of likely N-dealkylation sites (N-methyl/N-ethyl adjacent to an activating group) is 1. The van der Waals surface area contributed by atoms with E-state index < -0.39 is 5.97 Å². The van der Waals surface area contributed by atoms with Gasteiger partial charge in [0.1, 0.15) is 6.61 Å². The number of aromatic carboxylic acids is 1. The summed E-state index contributed by atoms with van der Waals surface area (Å²) in [5.74, 6) is -0.0461. The molecule has 0 atom stereocenters. The van der Waals surface area contributed by atoms with E-state index in [1.165, 1.54) is 23.9 Å². The first kappa shape index (κ1) is 22.2. The maximum Gasteiger partial charge on any atom is 0.335 e. The number of carbonyl (C=O) groups excluding carboxylic acids is 1. The summed E-state index contributed by atoms with van der Waals surface area (Å²) < 4.78 is 10.9. The molecule has 0 bridgehead atoms. The van der Waals surface area contributed by atoms with Gasteiger partial charge in [0.15, 0.2) is 16.7 Å². The lowest BCUT2D eigenvalue weighted by atomic mass is 10.2. The predicted octanol–water partition coefficient (Wildman–Crippen LogP) is 4.58. The van der Waals surface area contributed by atoms with Crippen LogP contribution in [0.5, 0.6) is 11.5 Å². The molecular weight excluding hydrogens is 416 g/mol. The molecular formula is C23H22N2O5S. The van der Waals surface area contributed by atoms with E-state index in [1.54, 1.807) is 48.4 Å². The van der Waals surface area contributed by atoms with E-state index in [1.807, 2.05) is 13.0 Å². The molecule has 3 rings (SSSR count). The van der Waals surface area contributed by atoms with Crippen LogP contribution in [0.3, 0.4) is 0 Å². The molecule has 1 aliphatic heterocycles. The van der Waals surface area contributed by atoms with Crippen LogP contribution >= 0.6 is 11.8 Å². The van der Waals surface area contributed by atoms with Gasteiger partial charge in [0.25, 0.3) is 5.91 Å². The van der Waals surface area contributed by atoms with Gasteiger partial charge in [-0.25, -0.2) is 9.79 Å². The average Bonchev–Trinajstić information content (AvgIpc) is 3.06. The first-order chi connectivity index (χ1) is 15.0. The number of nitrogens with zero attached hydrogens (tertiary/aromatic N) is 2. The molecule has 160 valence electrons. The summed E-state index contributed by atoms with van der Waals surface area (Å²) in [5.41, 5.74) is 1.39. The fourth-order valence-electron chi connectivity index (χ4n) is 2.88. The lowest BCUT2D eigenvalue weighted by Gasteiger charge is -2.12. The van der Waals surface area contributed by atoms with Gasteiger partial charge in [-0.3, -0.25) is 9.69 Å². The van der Waals surface area contributed by atoms with E-state index in [0.717, 1.165) is 5.56 Å². The second-order valence-electron chi connectivity index (χ2n) is 6.42. The third-order valence-electron chi connectivity index (χ3n) is 4.36. The Kier molecular flexibility index (Phi) is 7.15. The standard InChI is InChI=1S/C23H22N2O5S/c1-4-11-30-18-10-9-15(12-19(18)29-3)13-20-21(26)25(5-2)23(31-20)24-17-8-6-7-16(14-17)22(27)28/h4,6-10,12-14H,1,5,11H2,2-3H3,(H,27,28). The van der Waals surface area contributed by atoms with Crippen molar-refractivity contribution in [3.8, 4) is 11.5 Å². The van der Waals surface area contributed by atoms with Crippen LogP contribution in [0.1, 0.15) is 22.8 Å². The molecule has 1 saturated heterocycles. The SMILES string of the molecule is C=CCOc1ccc(C=C2SC(=Nc3cccc(C(=O)O)c3)N(CC)C2=O)cc1OC. The van der Waals surface area contributed by atoms with Crippen LogP contribution in [0.15, 0.2) is 65.0 Å². The first-order valence-corrected chi connectivity index (χ1v) is 10.3. The fourth-order valence-corrected chi connectivity index (χ4v) is 3.94. The number of hydrogen-bond donors (Lipinski definition) is 1. The van der Waals surface area contributed by atoms with Gasteiger partial charge in [-0.1, -0.05) is 24.8 Å². The lowest BCUT2D eigenvalue weighted by molar-refractivity contribution is -0.122. The predicted molar refractivity (Wildman–Crippen MR) is 122 cm³/mol. The number of methoxy groups -OCH3 is 1. The summed E-state index contributed by atoms with van der Waals surface area (Å²) in [5, 5.41) is 9.67. The molecule has 2 aromatic carbocycles. The second kappa shape index (κ2) is 9.99. The van der Waals surface area contributed by atoms with Crippen molar-refractivity contribution in [3.05, 3.63) is 71.2 Å². The maximum atomic E-state index is 12.9. The number of carboxylic acid groups (broad SMARTS) is 1. The minimum absolute atomic E-state index is 0.140. The topological polar surface area (TPSA) is 88.4 Å². The van der Waals surface area contributed by atoms with Crippen molar-refractivity contribution >= 4 is 40.6 Å². The quantitative estimate of drug-likeness (QED) is 0.479. The largest absolute Gasteiger partial charge is 0.493 e. The summed E-state index contributed by atoms with van der Waals surface area (Å²) in [6, 6.07) is 11.7. The first-order valence-electron chi connectivity index (χ1n) is 9.52. The van der Waals surface area contributed by atoms with Crippen LogP contribution in [0.4, 0.5) is 5.69 Å². The number of aliphatic imine (C=N–C) groups is 1. The zero-order chi connectivity index (χ0) is 22.4. The monoisotopic (exact) mass is 438 g/mol. The molecule has 0 radical (unpaired) electrons. The van der Waals surface area contributed by atoms with Crippen molar-refractivity contribution in [2.75, 3.05) is 20.3 Å². The molecule has 2 aromatic rings. The Hall–Kier alpha value is -3.52. The lowest BCUT2D eigenvalue weighted by Crippen LogP contribution is -2.28. The molecule has 7 nitrogen and oxygen atoms in total. The summed E-state index contributed by atoms with van der Waals surface area (Å²) in [6.07, 6.45) is 3.42. The molecule has 1 N–H and O–H groups in total. The van der Waals surface area contributed by atoms with Gasteiger partial charge in [0, 0.05) is 6.54 Å². The highest BCUT2D eigenvalue weighted by Crippen LogP contribution is 2.35. The van der Waals surface area contributed by atoms with E-state index in [2.05, 4.69) is 11.6 Å². The third kappa shape index (κ3) is 5.16. The fraction of sp³-hybridized carbons (Fsp3) is 0.174. The number of amidine groups is 1. The molecule has 31 heavy (non-hydrogen) atoms. The highest BCUT2D eigenvalue weighted by Gasteiger charge is 2.32. The highest BCUT2D eigenvalue weighted by atomic mass is 32.2. The number of ether oxygens (including phenoxy) is 2. The van der Waals surface area contributed by atoms with Crippen LogP contribution in [0.25, 0.3) is 6.08 Å². The van der Waals surface area contributed by atoms with Crippen molar-refractivity contribution in [3.63, 3.8) is 0 Å². The summed E-state index contributed by atoms with van der Waals surface area (Å²) >= 11 is 1.24. The number of carboxylic acids is 1. The van der Waals surface area contributed by atoms with E-state index >= 15 is 0 Å². The zero-order valence-electron chi connectivity index (χ0n) is 17.2. The zero-order valence-corrected chi connectivity index (χ0v) is 18.0. The minimum Gasteiger partial charge on any atom is -0.493 e. The van der Waals surface area contributed by atoms with Gasteiger partial charge in [-0.05, 0) is 60.7 Å². The number of carbonyl (C=O) groups is 2. The Morgan fingerprint density at radius 1 is 1.26 bits per heavy atom. The summed E-state index contributed by atoms with van der Waals surface area (Å²) in [7, 11) is 1.55. The molecule has 8 heteroatoms. The maximum absolute atomic E-state index is 12.9. The van der Waals surface area contributed by atoms with Crippen LogP contribution in [-0.4, -0.2) is 47.3 Å². The number of hydrogen-bond acceptors (Lipinski definition) is 6. The van der Waals surface area contributed by atoms with Gasteiger partial charge < -0.3 is 14.6 Å². The van der Waals surface area contributed by atoms with Crippen LogP contribution < -0.4 is 9.47 Å². The highest BCUT2D eigenvalue weighted by molar-refractivity contribution is 8.18. The third-order valence-corrected chi connectivity index (χ3v) is 5.37. The van der Waals surface area contributed by atoms with Gasteiger partial charge in [-0.2, -0.15) is 0 Å². The van der Waals surface area contributed by atoms with E-state index in [9.17, 15) is 14.7 Å².